The highest BCUT2D eigenvalue weighted by molar-refractivity contribution is 6.30. The molecule has 1 N–H and O–H groups in total. The van der Waals surface area contributed by atoms with E-state index in [0.29, 0.717) is 0 Å². The third-order valence-electron chi connectivity index (χ3n) is 4.75. The van der Waals surface area contributed by atoms with E-state index in [1.165, 1.54) is 43.4 Å². The van der Waals surface area contributed by atoms with E-state index in [1.807, 2.05) is 12.1 Å². The monoisotopic (exact) mass is 281 g/mol. The summed E-state index contributed by atoms with van der Waals surface area (Å²) in [6.45, 7) is 0. The van der Waals surface area contributed by atoms with Gasteiger partial charge >= 0.3 is 0 Å². The second-order valence-corrected chi connectivity index (χ2v) is 5.92. The Morgan fingerprint density at radius 1 is 0.682 bits per heavy atom. The number of nitrogens with one attached hydrogen (secondary N) is 1. The Kier molecular flexibility index (Phi) is 1.66. The number of rotatable bonds is 0. The smallest absolute Gasteiger partial charge is 0.143 e. The van der Waals surface area contributed by atoms with Crippen molar-refractivity contribution < 1.29 is 4.42 Å². The summed E-state index contributed by atoms with van der Waals surface area (Å²) < 4.78 is 6.16. The Morgan fingerprint density at radius 3 is 2.64 bits per heavy atom. The van der Waals surface area contributed by atoms with Crippen LogP contribution in [0.2, 0.25) is 0 Å². The zero-order valence-corrected chi connectivity index (χ0v) is 11.7. The van der Waals surface area contributed by atoms with Crippen molar-refractivity contribution in [3.63, 3.8) is 0 Å². The second kappa shape index (κ2) is 3.42. The molecule has 2 heteroatoms. The van der Waals surface area contributed by atoms with Gasteiger partial charge in [-0.2, -0.15) is 0 Å². The number of aromatic nitrogens is 1. The molecule has 6 aromatic rings. The van der Waals surface area contributed by atoms with Gasteiger partial charge in [0.15, 0.2) is 0 Å². The minimum atomic E-state index is 0.949. The summed E-state index contributed by atoms with van der Waals surface area (Å²) in [4.78, 5) is 3.56. The molecule has 0 atom stereocenters. The van der Waals surface area contributed by atoms with Crippen LogP contribution in [0.15, 0.2) is 65.1 Å². The molecule has 22 heavy (non-hydrogen) atoms. The highest BCUT2D eigenvalue weighted by Gasteiger charge is 2.16. The minimum absolute atomic E-state index is 0.949. The lowest BCUT2D eigenvalue weighted by atomic mass is 10.00. The third kappa shape index (κ3) is 1.10. The molecule has 102 valence electrons. The second-order valence-electron chi connectivity index (χ2n) is 5.92. The van der Waals surface area contributed by atoms with Gasteiger partial charge in [0.1, 0.15) is 11.2 Å². The third-order valence-corrected chi connectivity index (χ3v) is 4.75. The van der Waals surface area contributed by atoms with Crippen LogP contribution in [0.3, 0.4) is 0 Å². The van der Waals surface area contributed by atoms with Crippen LogP contribution in [0.1, 0.15) is 0 Å². The lowest BCUT2D eigenvalue weighted by Crippen LogP contribution is -1.76. The Balaban J connectivity index is 2.02. The Morgan fingerprint density at radius 2 is 1.64 bits per heavy atom. The molecule has 0 radical (unpaired) electrons. The van der Waals surface area contributed by atoms with Gasteiger partial charge < -0.3 is 9.40 Å². The molecule has 0 aliphatic heterocycles. The van der Waals surface area contributed by atoms with E-state index in [9.17, 15) is 0 Å². The van der Waals surface area contributed by atoms with Crippen LogP contribution >= 0.6 is 0 Å². The molecule has 4 aromatic carbocycles. The van der Waals surface area contributed by atoms with Crippen LogP contribution < -0.4 is 0 Å². The normalized spacial score (nSPS) is 12.5. The molecule has 6 rings (SSSR count). The minimum Gasteiger partial charge on any atom is -0.455 e. The maximum atomic E-state index is 6.16. The van der Waals surface area contributed by atoms with E-state index in [1.54, 1.807) is 0 Å². The quantitative estimate of drug-likeness (QED) is 0.350. The van der Waals surface area contributed by atoms with Crippen molar-refractivity contribution in [3.8, 4) is 0 Å². The average molecular weight is 281 g/mol. The van der Waals surface area contributed by atoms with E-state index in [-0.39, 0.29) is 0 Å². The van der Waals surface area contributed by atoms with Gasteiger partial charge in [0.25, 0.3) is 0 Å². The van der Waals surface area contributed by atoms with Gasteiger partial charge in [0.05, 0.1) is 0 Å². The molecule has 2 aromatic heterocycles. The molecule has 0 aliphatic carbocycles. The van der Waals surface area contributed by atoms with Crippen molar-refractivity contribution in [2.24, 2.45) is 0 Å². The summed E-state index contributed by atoms with van der Waals surface area (Å²) in [6, 6.07) is 21.2. The molecular formula is C20H11NO. The van der Waals surface area contributed by atoms with Crippen molar-refractivity contribution in [3.05, 3.63) is 60.7 Å². The van der Waals surface area contributed by atoms with Crippen molar-refractivity contribution in [1.82, 2.24) is 4.98 Å². The van der Waals surface area contributed by atoms with Gasteiger partial charge in [0.2, 0.25) is 0 Å². The van der Waals surface area contributed by atoms with Crippen LogP contribution in [-0.4, -0.2) is 4.98 Å². The fourth-order valence-electron chi connectivity index (χ4n) is 3.82. The number of furan rings is 1. The first kappa shape index (κ1) is 10.7. The van der Waals surface area contributed by atoms with Crippen LogP contribution in [-0.2, 0) is 0 Å². The fourth-order valence-corrected chi connectivity index (χ4v) is 3.82. The number of hydrogen-bond donors (Lipinski definition) is 1. The van der Waals surface area contributed by atoms with Crippen molar-refractivity contribution in [2.45, 2.75) is 0 Å². The number of benzene rings is 4. The summed E-state index contributed by atoms with van der Waals surface area (Å²) >= 11 is 0. The molecular weight excluding hydrogens is 270 g/mol. The van der Waals surface area contributed by atoms with Gasteiger partial charge in [-0.15, -0.1) is 0 Å². The van der Waals surface area contributed by atoms with Crippen LogP contribution in [0, 0.1) is 0 Å². The predicted molar refractivity (Wildman–Crippen MR) is 91.8 cm³/mol. The number of hydrogen-bond acceptors (Lipinski definition) is 1. The Bertz CT molecular complexity index is 1320. The molecule has 0 saturated carbocycles. The van der Waals surface area contributed by atoms with Crippen molar-refractivity contribution >= 4 is 54.5 Å². The highest BCUT2D eigenvalue weighted by Crippen LogP contribution is 2.41. The first-order valence-electron chi connectivity index (χ1n) is 7.47. The van der Waals surface area contributed by atoms with Gasteiger partial charge in [-0.3, -0.25) is 0 Å². The van der Waals surface area contributed by atoms with Crippen LogP contribution in [0.5, 0.6) is 0 Å². The molecule has 2 heterocycles. The summed E-state index contributed by atoms with van der Waals surface area (Å²) in [6.07, 6.45) is 0. The van der Waals surface area contributed by atoms with Crippen LogP contribution in [0.25, 0.3) is 54.5 Å². The van der Waals surface area contributed by atoms with Gasteiger partial charge in [-0.1, -0.05) is 36.4 Å². The largest absolute Gasteiger partial charge is 0.455 e. The molecule has 0 saturated heterocycles. The zero-order valence-electron chi connectivity index (χ0n) is 11.7. The fraction of sp³-hybridized carbons (Fsp3) is 0. The SMILES string of the molecule is c1cc2ccc3c4oc5ccccc5c4cc4[nH]c(c1)c2c43. The Hall–Kier alpha value is -3.00. The zero-order chi connectivity index (χ0) is 14.3. The number of fused-ring (bicyclic) bond motifs is 4. The maximum absolute atomic E-state index is 6.16. The van der Waals surface area contributed by atoms with E-state index in [0.717, 1.165) is 11.2 Å². The lowest BCUT2D eigenvalue weighted by molar-refractivity contribution is 0.673. The molecule has 0 fully saturated rings. The standard InChI is InChI=1S/C20H11NO/c1-2-7-17-12(5-1)14-10-16-19-13(20(14)22-17)9-8-11-4-3-6-15(21-16)18(11)19/h1-10,21H. The first-order valence-corrected chi connectivity index (χ1v) is 7.47. The summed E-state index contributed by atoms with van der Waals surface area (Å²) in [5.41, 5.74) is 4.31. The van der Waals surface area contributed by atoms with Gasteiger partial charge in [-0.05, 0) is 29.7 Å². The summed E-state index contributed by atoms with van der Waals surface area (Å²) in [7, 11) is 0. The van der Waals surface area contributed by atoms with E-state index in [4.69, 9.17) is 4.42 Å². The Labute approximate surface area is 125 Å². The lowest BCUT2D eigenvalue weighted by Gasteiger charge is -2.02. The van der Waals surface area contributed by atoms with Gasteiger partial charge in [0, 0.05) is 38.0 Å². The van der Waals surface area contributed by atoms with E-state index >= 15 is 0 Å². The number of para-hydroxylation sites is 1. The molecule has 0 spiro atoms. The molecule has 0 bridgehead atoms. The maximum Gasteiger partial charge on any atom is 0.143 e. The van der Waals surface area contributed by atoms with Crippen molar-refractivity contribution in [1.29, 1.82) is 0 Å². The van der Waals surface area contributed by atoms with E-state index < -0.39 is 0 Å². The average Bonchev–Trinajstić information content (AvgIpc) is 3.11. The van der Waals surface area contributed by atoms with E-state index in [2.05, 4.69) is 53.5 Å². The molecule has 0 aliphatic rings. The van der Waals surface area contributed by atoms with Crippen LogP contribution in [0.4, 0.5) is 0 Å². The summed E-state index contributed by atoms with van der Waals surface area (Å²) in [5.74, 6) is 0. The van der Waals surface area contributed by atoms with Crippen molar-refractivity contribution in [2.75, 3.05) is 0 Å². The highest BCUT2D eigenvalue weighted by atomic mass is 16.3. The first-order chi connectivity index (χ1) is 10.9. The predicted octanol–water partition coefficient (Wildman–Crippen LogP) is 5.81. The van der Waals surface area contributed by atoms with Gasteiger partial charge in [-0.25, -0.2) is 0 Å². The summed E-state index contributed by atoms with van der Waals surface area (Å²) in [5, 5.41) is 7.39. The molecule has 0 amide bonds. The topological polar surface area (TPSA) is 28.9 Å². The molecule has 2 nitrogen and oxygen atoms in total. The number of aromatic amines is 1. The molecule has 0 unspecified atom stereocenters. The number of H-pyrrole nitrogens is 1.